The van der Waals surface area contributed by atoms with E-state index in [-0.39, 0.29) is 11.7 Å². The first-order valence-corrected chi connectivity index (χ1v) is 5.06. The third-order valence-corrected chi connectivity index (χ3v) is 2.58. The molecule has 0 saturated heterocycles. The van der Waals surface area contributed by atoms with Crippen LogP contribution in [0.5, 0.6) is 0 Å². The average Bonchev–Trinajstić information content (AvgIpc) is 2.48. The predicted molar refractivity (Wildman–Crippen MR) is 58.7 cm³/mol. The van der Waals surface area contributed by atoms with Gasteiger partial charge in [-0.15, -0.1) is 0 Å². The molecule has 0 saturated carbocycles. The zero-order chi connectivity index (χ0) is 11.0. The van der Waals surface area contributed by atoms with Crippen LogP contribution < -0.4 is 5.73 Å². The summed E-state index contributed by atoms with van der Waals surface area (Å²) in [5.74, 6) is -0.226. The quantitative estimate of drug-likeness (QED) is 0.866. The molecule has 0 atom stereocenters. The van der Waals surface area contributed by atoms with Crippen molar-refractivity contribution < 1.29 is 8.91 Å². The molecule has 78 valence electrons. The first kappa shape index (κ1) is 10.2. The van der Waals surface area contributed by atoms with Crippen LogP contribution >= 0.6 is 15.9 Å². The van der Waals surface area contributed by atoms with E-state index in [1.165, 1.54) is 6.07 Å². The highest BCUT2D eigenvalue weighted by Gasteiger charge is 2.15. The maximum absolute atomic E-state index is 13.6. The van der Waals surface area contributed by atoms with Gasteiger partial charge >= 0.3 is 0 Å². The standard InChI is InChI=1S/C10H8BrFN2O/c1-5-9(10(13)15-14-5)7-3-2-6(11)4-8(7)12/h2-4H,13H2,1H3. The van der Waals surface area contributed by atoms with Crippen LogP contribution in [0.3, 0.4) is 0 Å². The van der Waals surface area contributed by atoms with Gasteiger partial charge in [-0.2, -0.15) is 0 Å². The van der Waals surface area contributed by atoms with Crippen molar-refractivity contribution in [1.29, 1.82) is 0 Å². The Hall–Kier alpha value is -1.36. The van der Waals surface area contributed by atoms with Crippen molar-refractivity contribution >= 4 is 21.8 Å². The topological polar surface area (TPSA) is 52.0 Å². The summed E-state index contributed by atoms with van der Waals surface area (Å²) in [6.45, 7) is 1.72. The highest BCUT2D eigenvalue weighted by Crippen LogP contribution is 2.32. The summed E-state index contributed by atoms with van der Waals surface area (Å²) >= 11 is 3.19. The molecule has 0 amide bonds. The molecule has 0 unspecified atom stereocenters. The zero-order valence-electron chi connectivity index (χ0n) is 7.92. The Morgan fingerprint density at radius 2 is 2.20 bits per heavy atom. The molecule has 0 aliphatic heterocycles. The molecule has 3 nitrogen and oxygen atoms in total. The van der Waals surface area contributed by atoms with Gasteiger partial charge in [-0.05, 0) is 19.1 Å². The highest BCUT2D eigenvalue weighted by molar-refractivity contribution is 9.10. The molecule has 0 bridgehead atoms. The van der Waals surface area contributed by atoms with Gasteiger partial charge in [0.1, 0.15) is 5.82 Å². The number of anilines is 1. The first-order valence-electron chi connectivity index (χ1n) is 4.26. The van der Waals surface area contributed by atoms with Crippen molar-refractivity contribution in [2.24, 2.45) is 0 Å². The monoisotopic (exact) mass is 270 g/mol. The van der Waals surface area contributed by atoms with Crippen molar-refractivity contribution in [3.8, 4) is 11.1 Å². The Labute approximate surface area is 94.2 Å². The van der Waals surface area contributed by atoms with Crippen LogP contribution in [0.1, 0.15) is 5.69 Å². The lowest BCUT2D eigenvalue weighted by molar-refractivity contribution is 0.431. The van der Waals surface area contributed by atoms with Crippen molar-refractivity contribution in [2.75, 3.05) is 5.73 Å². The van der Waals surface area contributed by atoms with Gasteiger partial charge in [0.25, 0.3) is 0 Å². The molecular formula is C10H8BrFN2O. The Kier molecular flexibility index (Phi) is 2.48. The number of nitrogens with zero attached hydrogens (tertiary/aromatic N) is 1. The second-order valence-electron chi connectivity index (χ2n) is 3.13. The van der Waals surface area contributed by atoms with E-state index >= 15 is 0 Å². The maximum atomic E-state index is 13.6. The van der Waals surface area contributed by atoms with Crippen molar-refractivity contribution in [2.45, 2.75) is 6.92 Å². The molecule has 0 fully saturated rings. The van der Waals surface area contributed by atoms with Gasteiger partial charge in [0.2, 0.25) is 5.88 Å². The third kappa shape index (κ3) is 1.74. The molecule has 1 aromatic heterocycles. The summed E-state index contributed by atoms with van der Waals surface area (Å²) in [6.07, 6.45) is 0. The van der Waals surface area contributed by atoms with Crippen LogP contribution in [0.15, 0.2) is 27.2 Å². The molecule has 0 aliphatic rings. The van der Waals surface area contributed by atoms with Gasteiger partial charge in [0, 0.05) is 10.0 Å². The fourth-order valence-electron chi connectivity index (χ4n) is 1.41. The summed E-state index contributed by atoms with van der Waals surface area (Å²) in [5.41, 5.74) is 7.06. The lowest BCUT2D eigenvalue weighted by atomic mass is 10.1. The summed E-state index contributed by atoms with van der Waals surface area (Å²) in [4.78, 5) is 0. The minimum absolute atomic E-state index is 0.133. The van der Waals surface area contributed by atoms with E-state index in [2.05, 4.69) is 21.1 Å². The second kappa shape index (κ2) is 3.66. The molecule has 0 spiro atoms. The lowest BCUT2D eigenvalue weighted by Crippen LogP contribution is -1.90. The number of halogens is 2. The van der Waals surface area contributed by atoms with Crippen LogP contribution in [-0.4, -0.2) is 5.16 Å². The highest BCUT2D eigenvalue weighted by atomic mass is 79.9. The van der Waals surface area contributed by atoms with Gasteiger partial charge in [-0.25, -0.2) is 4.39 Å². The molecule has 0 aliphatic carbocycles. The molecule has 1 heterocycles. The zero-order valence-corrected chi connectivity index (χ0v) is 9.51. The van der Waals surface area contributed by atoms with E-state index in [4.69, 9.17) is 10.3 Å². The van der Waals surface area contributed by atoms with Crippen molar-refractivity contribution in [3.05, 3.63) is 34.2 Å². The van der Waals surface area contributed by atoms with Crippen LogP contribution in [0, 0.1) is 12.7 Å². The Bertz CT molecular complexity index is 491. The number of hydrogen-bond donors (Lipinski definition) is 1. The van der Waals surface area contributed by atoms with Crippen molar-refractivity contribution in [3.63, 3.8) is 0 Å². The Morgan fingerprint density at radius 1 is 1.47 bits per heavy atom. The van der Waals surface area contributed by atoms with E-state index < -0.39 is 0 Å². The van der Waals surface area contributed by atoms with Gasteiger partial charge in [-0.1, -0.05) is 27.2 Å². The molecule has 2 aromatic rings. The van der Waals surface area contributed by atoms with Crippen LogP contribution in [0.25, 0.3) is 11.1 Å². The normalized spacial score (nSPS) is 10.6. The summed E-state index contributed by atoms with van der Waals surface area (Å²) < 4.78 is 19.1. The summed E-state index contributed by atoms with van der Waals surface area (Å²) in [6, 6.07) is 4.75. The number of aryl methyl sites for hydroxylation is 1. The minimum Gasteiger partial charge on any atom is -0.367 e. The number of nitrogens with two attached hydrogens (primary N) is 1. The van der Waals surface area contributed by atoms with Crippen LogP contribution in [0.4, 0.5) is 10.3 Å². The summed E-state index contributed by atoms with van der Waals surface area (Å²) in [7, 11) is 0. The predicted octanol–water partition coefficient (Wildman–Crippen LogP) is 3.13. The Morgan fingerprint density at radius 3 is 2.73 bits per heavy atom. The molecular weight excluding hydrogens is 263 g/mol. The molecule has 1 aromatic carbocycles. The Balaban J connectivity index is 2.64. The number of hydrogen-bond acceptors (Lipinski definition) is 3. The van der Waals surface area contributed by atoms with E-state index in [1.54, 1.807) is 19.1 Å². The smallest absolute Gasteiger partial charge is 0.230 e. The molecule has 0 radical (unpaired) electrons. The lowest BCUT2D eigenvalue weighted by Gasteiger charge is -2.02. The fourth-order valence-corrected chi connectivity index (χ4v) is 1.74. The SMILES string of the molecule is Cc1noc(N)c1-c1ccc(Br)cc1F. The summed E-state index contributed by atoms with van der Waals surface area (Å²) in [5, 5.41) is 3.68. The van der Waals surface area contributed by atoms with E-state index in [0.717, 1.165) is 0 Å². The largest absolute Gasteiger partial charge is 0.367 e. The molecule has 5 heteroatoms. The van der Waals surface area contributed by atoms with Crippen LogP contribution in [0.2, 0.25) is 0 Å². The van der Waals surface area contributed by atoms with Gasteiger partial charge in [0.15, 0.2) is 0 Å². The van der Waals surface area contributed by atoms with Gasteiger partial charge in [-0.3, -0.25) is 0 Å². The van der Waals surface area contributed by atoms with Crippen LogP contribution in [-0.2, 0) is 0 Å². The minimum atomic E-state index is -0.359. The molecule has 15 heavy (non-hydrogen) atoms. The fraction of sp³-hybridized carbons (Fsp3) is 0.100. The maximum Gasteiger partial charge on any atom is 0.230 e. The number of nitrogen functional groups attached to an aromatic ring is 1. The van der Waals surface area contributed by atoms with E-state index in [1.807, 2.05) is 0 Å². The van der Waals surface area contributed by atoms with Crippen molar-refractivity contribution in [1.82, 2.24) is 5.16 Å². The van der Waals surface area contributed by atoms with E-state index in [0.29, 0.717) is 21.3 Å². The third-order valence-electron chi connectivity index (χ3n) is 2.09. The molecule has 2 N–H and O–H groups in total. The van der Waals surface area contributed by atoms with Gasteiger partial charge < -0.3 is 10.3 Å². The average molecular weight is 271 g/mol. The van der Waals surface area contributed by atoms with E-state index in [9.17, 15) is 4.39 Å². The molecule has 2 rings (SSSR count). The second-order valence-corrected chi connectivity index (χ2v) is 4.05. The first-order chi connectivity index (χ1) is 7.09. The van der Waals surface area contributed by atoms with Gasteiger partial charge in [0.05, 0.1) is 11.3 Å². The number of rotatable bonds is 1. The number of aromatic nitrogens is 1. The number of benzene rings is 1.